The highest BCUT2D eigenvalue weighted by atomic mass is 19.1. The molecule has 1 aliphatic rings. The Morgan fingerprint density at radius 2 is 1.81 bits per heavy atom. The Morgan fingerprint density at radius 3 is 2.56 bits per heavy atom. The van der Waals surface area contributed by atoms with Crippen LogP contribution in [0, 0.1) is 17.7 Å². The van der Waals surface area contributed by atoms with Crippen LogP contribution in [0.2, 0.25) is 0 Å². The van der Waals surface area contributed by atoms with Crippen LogP contribution in [0.5, 0.6) is 0 Å². The SMILES string of the molecule is O=C(NCc1ccc(F)cc1)[C@H]1CC[C@@H](Cc2nc3ccccc3[nH]2)CC1. The number of hydrogen-bond donors (Lipinski definition) is 2. The van der Waals surface area contributed by atoms with E-state index in [1.54, 1.807) is 12.1 Å². The molecule has 1 saturated carbocycles. The minimum Gasteiger partial charge on any atom is -0.352 e. The molecule has 27 heavy (non-hydrogen) atoms. The molecule has 2 aromatic carbocycles. The average molecular weight is 365 g/mol. The van der Waals surface area contributed by atoms with Crippen LogP contribution in [0.3, 0.4) is 0 Å². The minimum atomic E-state index is -0.257. The molecule has 0 radical (unpaired) electrons. The third-order valence-electron chi connectivity index (χ3n) is 5.52. The summed E-state index contributed by atoms with van der Waals surface area (Å²) in [4.78, 5) is 20.5. The lowest BCUT2D eigenvalue weighted by molar-refractivity contribution is -0.126. The predicted molar refractivity (Wildman–Crippen MR) is 103 cm³/mol. The first-order valence-electron chi connectivity index (χ1n) is 9.63. The van der Waals surface area contributed by atoms with Crippen LogP contribution in [0.25, 0.3) is 11.0 Å². The fourth-order valence-corrected chi connectivity index (χ4v) is 3.94. The number of carbonyl (C=O) groups excluding carboxylic acids is 1. The second kappa shape index (κ2) is 7.91. The second-order valence-electron chi connectivity index (χ2n) is 7.47. The van der Waals surface area contributed by atoms with E-state index in [0.717, 1.165) is 54.5 Å². The molecule has 1 amide bonds. The average Bonchev–Trinajstić information content (AvgIpc) is 3.10. The van der Waals surface area contributed by atoms with Gasteiger partial charge in [-0.2, -0.15) is 0 Å². The molecule has 1 heterocycles. The number of nitrogens with zero attached hydrogens (tertiary/aromatic N) is 1. The van der Waals surface area contributed by atoms with Crippen molar-refractivity contribution in [3.05, 3.63) is 65.7 Å². The minimum absolute atomic E-state index is 0.0809. The van der Waals surface area contributed by atoms with E-state index in [2.05, 4.69) is 15.3 Å². The summed E-state index contributed by atoms with van der Waals surface area (Å²) in [7, 11) is 0. The van der Waals surface area contributed by atoms with Gasteiger partial charge in [-0.15, -0.1) is 0 Å². The van der Waals surface area contributed by atoms with Crippen LogP contribution in [-0.2, 0) is 17.8 Å². The molecule has 5 heteroatoms. The largest absolute Gasteiger partial charge is 0.352 e. The van der Waals surface area contributed by atoms with Crippen LogP contribution in [-0.4, -0.2) is 15.9 Å². The molecule has 0 saturated heterocycles. The van der Waals surface area contributed by atoms with Gasteiger partial charge in [-0.3, -0.25) is 4.79 Å². The van der Waals surface area contributed by atoms with Crippen LogP contribution >= 0.6 is 0 Å². The van der Waals surface area contributed by atoms with Crippen molar-refractivity contribution in [3.63, 3.8) is 0 Å². The Kier molecular flexibility index (Phi) is 5.19. The van der Waals surface area contributed by atoms with Gasteiger partial charge in [0.1, 0.15) is 11.6 Å². The maximum atomic E-state index is 12.9. The predicted octanol–water partition coefficient (Wildman–Crippen LogP) is 4.37. The van der Waals surface area contributed by atoms with E-state index in [1.807, 2.05) is 24.3 Å². The van der Waals surface area contributed by atoms with Crippen molar-refractivity contribution in [2.45, 2.75) is 38.6 Å². The van der Waals surface area contributed by atoms with Gasteiger partial charge >= 0.3 is 0 Å². The molecule has 4 rings (SSSR count). The fraction of sp³-hybridized carbons (Fsp3) is 0.364. The number of para-hydroxylation sites is 2. The fourth-order valence-electron chi connectivity index (χ4n) is 3.94. The molecule has 4 nitrogen and oxygen atoms in total. The lowest BCUT2D eigenvalue weighted by Gasteiger charge is -2.27. The number of benzene rings is 2. The summed E-state index contributed by atoms with van der Waals surface area (Å²) >= 11 is 0. The van der Waals surface area contributed by atoms with E-state index in [-0.39, 0.29) is 17.6 Å². The van der Waals surface area contributed by atoms with E-state index in [4.69, 9.17) is 0 Å². The Balaban J connectivity index is 1.25. The highest BCUT2D eigenvalue weighted by molar-refractivity contribution is 5.78. The van der Waals surface area contributed by atoms with Gasteiger partial charge in [-0.25, -0.2) is 9.37 Å². The van der Waals surface area contributed by atoms with Crippen LogP contribution in [0.15, 0.2) is 48.5 Å². The number of carbonyl (C=O) groups is 1. The zero-order valence-corrected chi connectivity index (χ0v) is 15.2. The third kappa shape index (κ3) is 4.35. The number of fused-ring (bicyclic) bond motifs is 1. The summed E-state index contributed by atoms with van der Waals surface area (Å²) < 4.78 is 12.9. The quantitative estimate of drug-likeness (QED) is 0.705. The van der Waals surface area contributed by atoms with Crippen LogP contribution in [0.4, 0.5) is 4.39 Å². The molecule has 0 unspecified atom stereocenters. The molecule has 0 spiro atoms. The molecule has 2 N–H and O–H groups in total. The number of nitrogens with one attached hydrogen (secondary N) is 2. The van der Waals surface area contributed by atoms with Crippen LogP contribution in [0.1, 0.15) is 37.1 Å². The number of amides is 1. The summed E-state index contributed by atoms with van der Waals surface area (Å²) in [6, 6.07) is 14.4. The van der Waals surface area contributed by atoms with Gasteiger partial charge in [0.15, 0.2) is 0 Å². The summed E-state index contributed by atoms with van der Waals surface area (Å²) in [6.07, 6.45) is 4.87. The molecule has 0 bridgehead atoms. The molecular formula is C22H24FN3O. The van der Waals surface area contributed by atoms with Crippen molar-refractivity contribution in [2.24, 2.45) is 11.8 Å². The van der Waals surface area contributed by atoms with Gasteiger partial charge in [-0.05, 0) is 61.4 Å². The topological polar surface area (TPSA) is 57.8 Å². The number of imidazole rings is 1. The monoisotopic (exact) mass is 365 g/mol. The van der Waals surface area contributed by atoms with E-state index < -0.39 is 0 Å². The number of aromatic amines is 1. The van der Waals surface area contributed by atoms with Gasteiger partial charge in [0.25, 0.3) is 0 Å². The lowest BCUT2D eigenvalue weighted by Crippen LogP contribution is -2.33. The zero-order chi connectivity index (χ0) is 18.6. The smallest absolute Gasteiger partial charge is 0.223 e. The van der Waals surface area contributed by atoms with Gasteiger partial charge in [0.2, 0.25) is 5.91 Å². The number of aromatic nitrogens is 2. The number of halogens is 1. The van der Waals surface area contributed by atoms with Crippen molar-refractivity contribution in [1.29, 1.82) is 0 Å². The Labute approximate surface area is 158 Å². The summed E-state index contributed by atoms with van der Waals surface area (Å²) in [5.41, 5.74) is 3.02. The summed E-state index contributed by atoms with van der Waals surface area (Å²) in [6.45, 7) is 0.456. The second-order valence-corrected chi connectivity index (χ2v) is 7.47. The standard InChI is InChI=1S/C22H24FN3O/c23-18-11-7-16(8-12-18)14-24-22(27)17-9-5-15(6-10-17)13-21-25-19-3-1-2-4-20(19)26-21/h1-4,7-8,11-12,15,17H,5-6,9-10,13-14H2,(H,24,27)(H,25,26)/t15-,17+. The summed E-state index contributed by atoms with van der Waals surface area (Å²) in [5, 5.41) is 2.99. The van der Waals surface area contributed by atoms with Gasteiger partial charge < -0.3 is 10.3 Å². The lowest BCUT2D eigenvalue weighted by atomic mass is 9.80. The zero-order valence-electron chi connectivity index (χ0n) is 15.2. The highest BCUT2D eigenvalue weighted by Crippen LogP contribution is 2.31. The first-order valence-corrected chi connectivity index (χ1v) is 9.63. The molecule has 0 atom stereocenters. The maximum absolute atomic E-state index is 12.9. The van der Waals surface area contributed by atoms with E-state index in [9.17, 15) is 9.18 Å². The van der Waals surface area contributed by atoms with Crippen molar-refractivity contribution in [1.82, 2.24) is 15.3 Å². The van der Waals surface area contributed by atoms with Crippen molar-refractivity contribution in [2.75, 3.05) is 0 Å². The van der Waals surface area contributed by atoms with Gasteiger partial charge in [-0.1, -0.05) is 24.3 Å². The van der Waals surface area contributed by atoms with Crippen molar-refractivity contribution >= 4 is 16.9 Å². The number of rotatable bonds is 5. The summed E-state index contributed by atoms with van der Waals surface area (Å²) in [5.74, 6) is 1.55. The molecule has 140 valence electrons. The van der Waals surface area contributed by atoms with E-state index in [1.165, 1.54) is 12.1 Å². The Morgan fingerprint density at radius 1 is 1.07 bits per heavy atom. The number of H-pyrrole nitrogens is 1. The first-order chi connectivity index (χ1) is 13.2. The van der Waals surface area contributed by atoms with Gasteiger partial charge in [0.05, 0.1) is 11.0 Å². The normalized spacial score (nSPS) is 19.9. The molecular weight excluding hydrogens is 341 g/mol. The van der Waals surface area contributed by atoms with Crippen molar-refractivity contribution < 1.29 is 9.18 Å². The number of hydrogen-bond acceptors (Lipinski definition) is 2. The van der Waals surface area contributed by atoms with Gasteiger partial charge in [0, 0.05) is 18.9 Å². The molecule has 0 aliphatic heterocycles. The maximum Gasteiger partial charge on any atom is 0.223 e. The molecule has 1 fully saturated rings. The Hall–Kier alpha value is -2.69. The molecule has 3 aromatic rings. The third-order valence-corrected chi connectivity index (χ3v) is 5.52. The first kappa shape index (κ1) is 17.7. The van der Waals surface area contributed by atoms with E-state index in [0.29, 0.717) is 12.5 Å². The highest BCUT2D eigenvalue weighted by Gasteiger charge is 2.26. The van der Waals surface area contributed by atoms with E-state index >= 15 is 0 Å². The molecule has 1 aliphatic carbocycles. The van der Waals surface area contributed by atoms with Crippen molar-refractivity contribution in [3.8, 4) is 0 Å². The van der Waals surface area contributed by atoms with Crippen LogP contribution < -0.4 is 5.32 Å². The Bertz CT molecular complexity index is 878. The molecule has 1 aromatic heterocycles.